The molecule has 1 fully saturated rings. The first-order valence-corrected chi connectivity index (χ1v) is 11.4. The van der Waals surface area contributed by atoms with Crippen LogP contribution >= 0.6 is 23.1 Å². The molecule has 5 nitrogen and oxygen atoms in total. The van der Waals surface area contributed by atoms with E-state index in [-0.39, 0.29) is 22.8 Å². The molecule has 1 N–H and O–H groups in total. The van der Waals surface area contributed by atoms with Gasteiger partial charge in [-0.15, -0.1) is 11.3 Å². The van der Waals surface area contributed by atoms with Crippen molar-refractivity contribution in [3.63, 3.8) is 0 Å². The Bertz CT molecular complexity index is 1070. The van der Waals surface area contributed by atoms with Crippen LogP contribution in [0.2, 0.25) is 0 Å². The fourth-order valence-electron chi connectivity index (χ4n) is 3.25. The summed E-state index contributed by atoms with van der Waals surface area (Å²) in [4.78, 5) is 30.6. The molecule has 146 valence electrons. The van der Waals surface area contributed by atoms with E-state index in [4.69, 9.17) is 4.98 Å². The first-order valence-electron chi connectivity index (χ1n) is 9.67. The first kappa shape index (κ1) is 19.2. The van der Waals surface area contributed by atoms with Crippen LogP contribution < -0.4 is 10.9 Å². The van der Waals surface area contributed by atoms with Crippen molar-refractivity contribution in [3.8, 4) is 0 Å². The predicted octanol–water partition coefficient (Wildman–Crippen LogP) is 4.86. The molecule has 7 heteroatoms. The Labute approximate surface area is 172 Å². The van der Waals surface area contributed by atoms with Gasteiger partial charge in [0.2, 0.25) is 5.91 Å². The van der Waals surface area contributed by atoms with Crippen molar-refractivity contribution in [2.75, 3.05) is 5.32 Å². The van der Waals surface area contributed by atoms with Crippen LogP contribution in [-0.4, -0.2) is 20.7 Å². The van der Waals surface area contributed by atoms with Gasteiger partial charge in [0.05, 0.1) is 10.8 Å². The van der Waals surface area contributed by atoms with Gasteiger partial charge in [0.15, 0.2) is 5.16 Å². The summed E-state index contributed by atoms with van der Waals surface area (Å²) in [6.07, 6.45) is 3.52. The Morgan fingerprint density at radius 2 is 2.11 bits per heavy atom. The summed E-state index contributed by atoms with van der Waals surface area (Å²) in [5.41, 5.74) is 2.72. The lowest BCUT2D eigenvalue weighted by Gasteiger charge is -2.18. The number of rotatable bonds is 7. The molecule has 2 aromatic heterocycles. The highest BCUT2D eigenvalue weighted by molar-refractivity contribution is 8.00. The van der Waals surface area contributed by atoms with E-state index in [2.05, 4.69) is 12.2 Å². The van der Waals surface area contributed by atoms with E-state index in [1.807, 2.05) is 42.6 Å². The van der Waals surface area contributed by atoms with Crippen LogP contribution in [0.1, 0.15) is 44.7 Å². The topological polar surface area (TPSA) is 64.0 Å². The maximum absolute atomic E-state index is 13.0. The fraction of sp³-hybridized carbons (Fsp3) is 0.381. The molecule has 0 bridgehead atoms. The molecule has 3 aromatic rings. The van der Waals surface area contributed by atoms with Crippen LogP contribution in [0.5, 0.6) is 0 Å². The average Bonchev–Trinajstić information content (AvgIpc) is 3.42. The Hall–Kier alpha value is -2.12. The smallest absolute Gasteiger partial charge is 0.272 e. The van der Waals surface area contributed by atoms with E-state index < -0.39 is 0 Å². The summed E-state index contributed by atoms with van der Waals surface area (Å²) >= 11 is 2.84. The van der Waals surface area contributed by atoms with Gasteiger partial charge in [-0.25, -0.2) is 4.98 Å². The monoisotopic (exact) mass is 413 g/mol. The summed E-state index contributed by atoms with van der Waals surface area (Å²) in [5.74, 6) is -0.0459. The van der Waals surface area contributed by atoms with Crippen LogP contribution in [0.15, 0.2) is 45.7 Å². The number of benzene rings is 1. The zero-order chi connectivity index (χ0) is 19.7. The second-order valence-electron chi connectivity index (χ2n) is 6.95. The van der Waals surface area contributed by atoms with Crippen molar-refractivity contribution in [1.29, 1.82) is 0 Å². The molecular formula is C21H23N3O2S2. The maximum Gasteiger partial charge on any atom is 0.272 e. The number of thioether (sulfide) groups is 1. The van der Waals surface area contributed by atoms with Gasteiger partial charge >= 0.3 is 0 Å². The number of nitrogens with zero attached hydrogens (tertiary/aromatic N) is 2. The molecule has 1 saturated carbocycles. The lowest BCUT2D eigenvalue weighted by molar-refractivity contribution is -0.115. The van der Waals surface area contributed by atoms with Gasteiger partial charge < -0.3 is 5.32 Å². The van der Waals surface area contributed by atoms with Gasteiger partial charge in [-0.3, -0.25) is 14.2 Å². The Morgan fingerprint density at radius 1 is 1.32 bits per heavy atom. The van der Waals surface area contributed by atoms with E-state index >= 15 is 0 Å². The van der Waals surface area contributed by atoms with Gasteiger partial charge in [0, 0.05) is 11.7 Å². The second kappa shape index (κ2) is 8.09. The third-order valence-electron chi connectivity index (χ3n) is 4.96. The van der Waals surface area contributed by atoms with Gasteiger partial charge in [-0.1, -0.05) is 43.8 Å². The minimum Gasteiger partial charge on any atom is -0.325 e. The van der Waals surface area contributed by atoms with Crippen molar-refractivity contribution in [2.24, 2.45) is 0 Å². The summed E-state index contributed by atoms with van der Waals surface area (Å²) in [6.45, 7) is 4.07. The van der Waals surface area contributed by atoms with Gasteiger partial charge in [-0.05, 0) is 48.8 Å². The van der Waals surface area contributed by atoms with Crippen molar-refractivity contribution in [3.05, 3.63) is 51.6 Å². The highest BCUT2D eigenvalue weighted by atomic mass is 32.2. The summed E-state index contributed by atoms with van der Waals surface area (Å²) < 4.78 is 2.50. The number of amides is 1. The maximum atomic E-state index is 13.0. The van der Waals surface area contributed by atoms with Crippen LogP contribution in [0.3, 0.4) is 0 Å². The number of para-hydroxylation sites is 1. The zero-order valence-electron chi connectivity index (χ0n) is 16.0. The Morgan fingerprint density at radius 3 is 2.82 bits per heavy atom. The number of carbonyl (C=O) groups is 1. The SMILES string of the molecule is CCc1ccccc1NC(=O)[C@H](CC)Sc1nc2ccsc2c(=O)n1C1CC1. The zero-order valence-corrected chi connectivity index (χ0v) is 17.6. The molecule has 0 radical (unpaired) electrons. The minimum absolute atomic E-state index is 0.0246. The molecule has 1 aromatic carbocycles. The van der Waals surface area contributed by atoms with Crippen molar-refractivity contribution in [2.45, 2.75) is 56.0 Å². The van der Waals surface area contributed by atoms with Crippen LogP contribution in [0, 0.1) is 0 Å². The highest BCUT2D eigenvalue weighted by Gasteiger charge is 2.31. The number of thiophene rings is 1. The number of aromatic nitrogens is 2. The molecule has 0 spiro atoms. The van der Waals surface area contributed by atoms with Crippen LogP contribution in [0.4, 0.5) is 5.69 Å². The highest BCUT2D eigenvalue weighted by Crippen LogP contribution is 2.38. The first-order chi connectivity index (χ1) is 13.6. The number of hydrogen-bond donors (Lipinski definition) is 1. The van der Waals surface area contributed by atoms with E-state index in [0.29, 0.717) is 16.3 Å². The normalized spacial score (nSPS) is 14.9. The summed E-state index contributed by atoms with van der Waals surface area (Å²) in [6, 6.07) is 9.97. The van der Waals surface area contributed by atoms with E-state index in [0.717, 1.165) is 36.0 Å². The second-order valence-corrected chi connectivity index (χ2v) is 9.04. The fourth-order valence-corrected chi connectivity index (χ4v) is 5.11. The molecular weight excluding hydrogens is 390 g/mol. The Balaban J connectivity index is 1.62. The van der Waals surface area contributed by atoms with Crippen molar-refractivity contribution in [1.82, 2.24) is 9.55 Å². The quantitative estimate of drug-likeness (QED) is 0.444. The number of anilines is 1. The minimum atomic E-state index is -0.308. The molecule has 2 heterocycles. The number of aryl methyl sites for hydroxylation is 1. The van der Waals surface area contributed by atoms with E-state index in [9.17, 15) is 9.59 Å². The standard InChI is InChI=1S/C21H23N3O2S2/c1-3-13-7-5-6-8-15(13)22-19(25)17(4-2)28-21-23-16-11-12-27-18(16)20(26)24(21)14-9-10-14/h5-8,11-12,14,17H,3-4,9-10H2,1-2H3,(H,22,25)/t17-/m0/s1. The summed E-state index contributed by atoms with van der Waals surface area (Å²) in [5, 5.41) is 5.32. The van der Waals surface area contributed by atoms with Gasteiger partial charge in [0.1, 0.15) is 4.70 Å². The average molecular weight is 414 g/mol. The third kappa shape index (κ3) is 3.73. The largest absolute Gasteiger partial charge is 0.325 e. The molecule has 0 unspecified atom stereocenters. The third-order valence-corrected chi connectivity index (χ3v) is 7.18. The van der Waals surface area contributed by atoms with E-state index in [1.54, 1.807) is 4.57 Å². The van der Waals surface area contributed by atoms with Crippen LogP contribution in [-0.2, 0) is 11.2 Å². The molecule has 0 aliphatic heterocycles. The van der Waals surface area contributed by atoms with E-state index in [1.165, 1.54) is 23.1 Å². The van der Waals surface area contributed by atoms with Crippen molar-refractivity contribution >= 4 is 44.9 Å². The molecule has 28 heavy (non-hydrogen) atoms. The van der Waals surface area contributed by atoms with Gasteiger partial charge in [0.25, 0.3) is 5.56 Å². The lowest BCUT2D eigenvalue weighted by atomic mass is 10.1. The number of hydrogen-bond acceptors (Lipinski definition) is 5. The van der Waals surface area contributed by atoms with Crippen molar-refractivity contribution < 1.29 is 4.79 Å². The molecule has 0 saturated heterocycles. The molecule has 1 aliphatic rings. The lowest BCUT2D eigenvalue weighted by Crippen LogP contribution is -2.28. The van der Waals surface area contributed by atoms with Gasteiger partial charge in [-0.2, -0.15) is 0 Å². The number of nitrogens with one attached hydrogen (secondary N) is 1. The molecule has 1 aliphatic carbocycles. The predicted molar refractivity (Wildman–Crippen MR) is 117 cm³/mol. The number of fused-ring (bicyclic) bond motifs is 1. The molecule has 4 rings (SSSR count). The molecule has 1 atom stereocenters. The number of carbonyl (C=O) groups excluding carboxylic acids is 1. The Kier molecular flexibility index (Phi) is 5.55. The van der Waals surface area contributed by atoms with Crippen LogP contribution in [0.25, 0.3) is 10.2 Å². The molecule has 1 amide bonds. The summed E-state index contributed by atoms with van der Waals surface area (Å²) in [7, 11) is 0.